The van der Waals surface area contributed by atoms with Crippen molar-refractivity contribution in [1.29, 1.82) is 0 Å². The smallest absolute Gasteiger partial charge is 0.135 e. The molecular formula is C8H12BrN3. The van der Waals surface area contributed by atoms with E-state index in [1.807, 2.05) is 0 Å². The Morgan fingerprint density at radius 3 is 2.42 bits per heavy atom. The van der Waals surface area contributed by atoms with E-state index in [0.717, 1.165) is 5.82 Å². The van der Waals surface area contributed by atoms with Gasteiger partial charge in [0.2, 0.25) is 0 Å². The summed E-state index contributed by atoms with van der Waals surface area (Å²) in [6.07, 6.45) is 1.62. The lowest BCUT2D eigenvalue weighted by Crippen LogP contribution is -2.16. The van der Waals surface area contributed by atoms with Gasteiger partial charge in [0.15, 0.2) is 0 Å². The Balaban J connectivity index is 3.14. The highest BCUT2D eigenvalue weighted by molar-refractivity contribution is 9.10. The zero-order chi connectivity index (χ0) is 9.35. The van der Waals surface area contributed by atoms with E-state index < -0.39 is 0 Å². The maximum absolute atomic E-state index is 5.56. The molecule has 0 radical (unpaired) electrons. The van der Waals surface area contributed by atoms with Crippen LogP contribution in [-0.4, -0.2) is 9.97 Å². The van der Waals surface area contributed by atoms with E-state index in [9.17, 15) is 0 Å². The van der Waals surface area contributed by atoms with Crippen LogP contribution in [0.25, 0.3) is 0 Å². The monoisotopic (exact) mass is 229 g/mol. The molecule has 1 heterocycles. The Morgan fingerprint density at radius 2 is 2.00 bits per heavy atom. The molecule has 3 nitrogen and oxygen atoms in total. The molecule has 0 fully saturated rings. The number of nitrogens with two attached hydrogens (primary N) is 1. The number of anilines is 1. The minimum atomic E-state index is -0.0315. The molecule has 0 aliphatic carbocycles. The summed E-state index contributed by atoms with van der Waals surface area (Å²) in [7, 11) is 0. The molecule has 1 aromatic heterocycles. The minimum Gasteiger partial charge on any atom is -0.395 e. The van der Waals surface area contributed by atoms with Crippen molar-refractivity contribution in [2.24, 2.45) is 0 Å². The van der Waals surface area contributed by atoms with Gasteiger partial charge in [0, 0.05) is 5.41 Å². The Bertz CT molecular complexity index is 291. The number of nitrogens with zero attached hydrogens (tertiary/aromatic N) is 2. The van der Waals surface area contributed by atoms with Crippen LogP contribution >= 0.6 is 15.9 Å². The van der Waals surface area contributed by atoms with E-state index in [4.69, 9.17) is 5.73 Å². The summed E-state index contributed by atoms with van der Waals surface area (Å²) >= 11 is 3.26. The van der Waals surface area contributed by atoms with Crippen molar-refractivity contribution >= 4 is 21.6 Å². The summed E-state index contributed by atoms with van der Waals surface area (Å²) in [5.74, 6) is 0.795. The standard InChI is InChI=1S/C8H12BrN3/c1-8(2,3)7-11-4-5(10)6(9)12-7/h4H,10H2,1-3H3. The molecule has 0 spiro atoms. The quantitative estimate of drug-likeness (QED) is 0.694. The van der Waals surface area contributed by atoms with Gasteiger partial charge >= 0.3 is 0 Å². The number of hydrogen-bond donors (Lipinski definition) is 1. The Labute approximate surface area is 80.5 Å². The summed E-state index contributed by atoms with van der Waals surface area (Å²) in [4.78, 5) is 8.37. The van der Waals surface area contributed by atoms with Gasteiger partial charge in [-0.1, -0.05) is 20.8 Å². The molecule has 0 saturated carbocycles. The minimum absolute atomic E-state index is 0.0315. The van der Waals surface area contributed by atoms with E-state index in [2.05, 4.69) is 46.7 Å². The highest BCUT2D eigenvalue weighted by atomic mass is 79.9. The van der Waals surface area contributed by atoms with Crippen LogP contribution in [0.4, 0.5) is 5.69 Å². The predicted molar refractivity (Wildman–Crippen MR) is 52.8 cm³/mol. The van der Waals surface area contributed by atoms with Gasteiger partial charge in [0.25, 0.3) is 0 Å². The topological polar surface area (TPSA) is 51.8 Å². The van der Waals surface area contributed by atoms with Crippen LogP contribution in [0.1, 0.15) is 26.6 Å². The third-order valence-electron chi connectivity index (χ3n) is 1.44. The van der Waals surface area contributed by atoms with Crippen LogP contribution in [-0.2, 0) is 5.41 Å². The van der Waals surface area contributed by atoms with E-state index >= 15 is 0 Å². The van der Waals surface area contributed by atoms with Crippen LogP contribution in [0.15, 0.2) is 10.8 Å². The van der Waals surface area contributed by atoms with E-state index in [0.29, 0.717) is 10.3 Å². The summed E-state index contributed by atoms with van der Waals surface area (Å²) < 4.78 is 0.669. The van der Waals surface area contributed by atoms with E-state index in [1.165, 1.54) is 0 Å². The second-order valence-corrected chi connectivity index (χ2v) is 4.44. The maximum atomic E-state index is 5.56. The zero-order valence-electron chi connectivity index (χ0n) is 7.43. The van der Waals surface area contributed by atoms with E-state index in [1.54, 1.807) is 6.20 Å². The average molecular weight is 230 g/mol. The van der Waals surface area contributed by atoms with Crippen molar-refractivity contribution < 1.29 is 0 Å². The van der Waals surface area contributed by atoms with Gasteiger partial charge in [-0.25, -0.2) is 9.97 Å². The fourth-order valence-electron chi connectivity index (χ4n) is 0.732. The summed E-state index contributed by atoms with van der Waals surface area (Å²) in [6, 6.07) is 0. The molecule has 4 heteroatoms. The van der Waals surface area contributed by atoms with Gasteiger partial charge in [-0.15, -0.1) is 0 Å². The molecule has 12 heavy (non-hydrogen) atoms. The van der Waals surface area contributed by atoms with Crippen LogP contribution in [0.2, 0.25) is 0 Å². The molecule has 1 rings (SSSR count). The molecule has 2 N–H and O–H groups in total. The molecule has 1 aromatic rings. The lowest BCUT2D eigenvalue weighted by atomic mass is 9.96. The van der Waals surface area contributed by atoms with Gasteiger partial charge in [-0.05, 0) is 15.9 Å². The lowest BCUT2D eigenvalue weighted by molar-refractivity contribution is 0.544. The second kappa shape index (κ2) is 3.01. The zero-order valence-corrected chi connectivity index (χ0v) is 9.01. The normalized spacial score (nSPS) is 11.7. The summed E-state index contributed by atoms with van der Waals surface area (Å²) in [5.41, 5.74) is 6.10. The van der Waals surface area contributed by atoms with Crippen molar-refractivity contribution in [3.63, 3.8) is 0 Å². The SMILES string of the molecule is CC(C)(C)c1ncc(N)c(Br)n1. The van der Waals surface area contributed by atoms with Crippen molar-refractivity contribution in [3.05, 3.63) is 16.6 Å². The lowest BCUT2D eigenvalue weighted by Gasteiger charge is -2.16. The molecule has 0 aliphatic rings. The molecule has 0 atom stereocenters. The number of aromatic nitrogens is 2. The molecule has 0 bridgehead atoms. The molecule has 0 unspecified atom stereocenters. The van der Waals surface area contributed by atoms with Gasteiger partial charge in [0.05, 0.1) is 11.9 Å². The number of rotatable bonds is 0. The predicted octanol–water partition coefficient (Wildman–Crippen LogP) is 2.12. The largest absolute Gasteiger partial charge is 0.395 e. The van der Waals surface area contributed by atoms with Crippen LogP contribution < -0.4 is 5.73 Å². The van der Waals surface area contributed by atoms with Crippen LogP contribution in [0.5, 0.6) is 0 Å². The van der Waals surface area contributed by atoms with Gasteiger partial charge in [0.1, 0.15) is 10.4 Å². The van der Waals surface area contributed by atoms with Crippen molar-refractivity contribution in [2.75, 3.05) is 5.73 Å². The Hall–Kier alpha value is -0.640. The molecular weight excluding hydrogens is 218 g/mol. The first kappa shape index (κ1) is 9.45. The average Bonchev–Trinajstić information content (AvgIpc) is 1.92. The van der Waals surface area contributed by atoms with Crippen LogP contribution in [0.3, 0.4) is 0 Å². The Morgan fingerprint density at radius 1 is 1.42 bits per heavy atom. The first-order valence-electron chi connectivity index (χ1n) is 3.70. The van der Waals surface area contributed by atoms with Gasteiger partial charge in [-0.2, -0.15) is 0 Å². The summed E-state index contributed by atoms with van der Waals surface area (Å²) in [6.45, 7) is 6.18. The van der Waals surface area contributed by atoms with Crippen molar-refractivity contribution in [3.8, 4) is 0 Å². The molecule has 0 saturated heterocycles. The van der Waals surface area contributed by atoms with Gasteiger partial charge < -0.3 is 5.73 Å². The molecule has 66 valence electrons. The highest BCUT2D eigenvalue weighted by Crippen LogP contribution is 2.22. The third kappa shape index (κ3) is 1.94. The van der Waals surface area contributed by atoms with E-state index in [-0.39, 0.29) is 5.41 Å². The fourth-order valence-corrected chi connectivity index (χ4v) is 1.00. The molecule has 0 aliphatic heterocycles. The second-order valence-electron chi connectivity index (χ2n) is 3.69. The molecule has 0 aromatic carbocycles. The number of hydrogen-bond acceptors (Lipinski definition) is 3. The van der Waals surface area contributed by atoms with Crippen LogP contribution in [0, 0.1) is 0 Å². The highest BCUT2D eigenvalue weighted by Gasteiger charge is 2.17. The fraction of sp³-hybridized carbons (Fsp3) is 0.500. The van der Waals surface area contributed by atoms with Crippen molar-refractivity contribution in [1.82, 2.24) is 9.97 Å². The third-order valence-corrected chi connectivity index (χ3v) is 2.07. The Kier molecular flexibility index (Phi) is 2.37. The maximum Gasteiger partial charge on any atom is 0.135 e. The first-order valence-corrected chi connectivity index (χ1v) is 4.49. The summed E-state index contributed by atoms with van der Waals surface area (Å²) in [5, 5.41) is 0. The first-order chi connectivity index (χ1) is 5.41. The number of nitrogen functional groups attached to an aromatic ring is 1. The molecule has 0 amide bonds. The van der Waals surface area contributed by atoms with Gasteiger partial charge in [-0.3, -0.25) is 0 Å². The number of halogens is 1. The van der Waals surface area contributed by atoms with Crippen molar-refractivity contribution in [2.45, 2.75) is 26.2 Å².